The molecule has 0 aliphatic carbocycles. The van der Waals surface area contributed by atoms with Crippen LogP contribution in [0.5, 0.6) is 0 Å². The van der Waals surface area contributed by atoms with Crippen molar-refractivity contribution < 1.29 is 4.79 Å². The summed E-state index contributed by atoms with van der Waals surface area (Å²) in [5, 5.41) is 0. The van der Waals surface area contributed by atoms with Gasteiger partial charge in [-0.15, -0.1) is 0 Å². The molecule has 0 unspecified atom stereocenters. The first-order valence-electron chi connectivity index (χ1n) is 5.30. The van der Waals surface area contributed by atoms with Crippen LogP contribution in [0.1, 0.15) is 42.6 Å². The highest BCUT2D eigenvalue weighted by Gasteiger charge is 2.17. The molecule has 1 nitrogen and oxygen atoms in total. The van der Waals surface area contributed by atoms with E-state index in [-0.39, 0.29) is 5.92 Å². The zero-order valence-corrected chi connectivity index (χ0v) is 9.21. The Labute approximate surface area is 86.1 Å². The van der Waals surface area contributed by atoms with Gasteiger partial charge in [0.2, 0.25) is 0 Å². The molecule has 0 spiro atoms. The number of Topliss-reactive ketones (excluding diaryl/α,β-unsaturated/α-hetero) is 1. The van der Waals surface area contributed by atoms with E-state index in [2.05, 4.69) is 13.8 Å². The van der Waals surface area contributed by atoms with Crippen LogP contribution in [0.2, 0.25) is 0 Å². The van der Waals surface area contributed by atoms with Gasteiger partial charge in [0, 0.05) is 11.5 Å². The van der Waals surface area contributed by atoms with Crippen molar-refractivity contribution >= 4 is 5.78 Å². The number of carbonyl (C=O) groups excluding carboxylic acids is 1. The Balaban J connectivity index is 2.94. The van der Waals surface area contributed by atoms with E-state index in [4.69, 9.17) is 0 Å². The van der Waals surface area contributed by atoms with Gasteiger partial charge in [-0.05, 0) is 25.3 Å². The van der Waals surface area contributed by atoms with Gasteiger partial charge in [0.25, 0.3) is 0 Å². The highest BCUT2D eigenvalue weighted by atomic mass is 16.1. The average molecular weight is 190 g/mol. The minimum atomic E-state index is 0.191. The molecule has 0 heterocycles. The van der Waals surface area contributed by atoms with Crippen LogP contribution < -0.4 is 0 Å². The summed E-state index contributed by atoms with van der Waals surface area (Å²) in [5.74, 6) is 0.490. The van der Waals surface area contributed by atoms with Gasteiger partial charge >= 0.3 is 0 Å². The molecule has 0 saturated heterocycles. The summed E-state index contributed by atoms with van der Waals surface area (Å²) in [7, 11) is 0. The fourth-order valence-corrected chi connectivity index (χ4v) is 1.73. The molecule has 0 aliphatic rings. The van der Waals surface area contributed by atoms with Gasteiger partial charge in [-0.1, -0.05) is 38.1 Å². The zero-order valence-electron chi connectivity index (χ0n) is 9.21. The van der Waals surface area contributed by atoms with E-state index >= 15 is 0 Å². The Morgan fingerprint density at radius 3 is 2.29 bits per heavy atom. The third kappa shape index (κ3) is 2.22. The first-order chi connectivity index (χ1) is 6.70. The number of hydrogen-bond acceptors (Lipinski definition) is 1. The molecule has 0 atom stereocenters. The van der Waals surface area contributed by atoms with Gasteiger partial charge in [-0.25, -0.2) is 0 Å². The van der Waals surface area contributed by atoms with Gasteiger partial charge in [-0.3, -0.25) is 4.79 Å². The van der Waals surface area contributed by atoms with Crippen LogP contribution in [-0.2, 0) is 0 Å². The van der Waals surface area contributed by atoms with E-state index in [0.717, 1.165) is 24.0 Å². The van der Waals surface area contributed by atoms with Crippen LogP contribution in [0.3, 0.4) is 0 Å². The number of ketones is 1. The second kappa shape index (κ2) is 4.94. The van der Waals surface area contributed by atoms with E-state index < -0.39 is 0 Å². The predicted octanol–water partition coefficient (Wildman–Crippen LogP) is 3.61. The molecule has 0 fully saturated rings. The van der Waals surface area contributed by atoms with Crippen molar-refractivity contribution in [3.8, 4) is 0 Å². The number of aryl methyl sites for hydroxylation is 1. The molecule has 1 aromatic rings. The molecule has 14 heavy (non-hydrogen) atoms. The van der Waals surface area contributed by atoms with E-state index in [9.17, 15) is 4.79 Å². The van der Waals surface area contributed by atoms with Gasteiger partial charge in [0.05, 0.1) is 0 Å². The predicted molar refractivity (Wildman–Crippen MR) is 59.6 cm³/mol. The largest absolute Gasteiger partial charge is 0.294 e. The number of hydrogen-bond donors (Lipinski definition) is 0. The Morgan fingerprint density at radius 1 is 1.21 bits per heavy atom. The smallest absolute Gasteiger partial charge is 0.166 e. The standard InChI is InChI=1S/C13H18O/c1-4-11(5-2)13(14)12-9-7-6-8-10(12)3/h6-9,11H,4-5H2,1-3H3. The normalized spacial score (nSPS) is 10.6. The Morgan fingerprint density at radius 2 is 1.79 bits per heavy atom. The second-order valence-corrected chi connectivity index (χ2v) is 3.69. The van der Waals surface area contributed by atoms with E-state index in [1.54, 1.807) is 0 Å². The number of carbonyl (C=O) groups is 1. The Bertz CT molecular complexity index is 311. The molecule has 1 heteroatoms. The van der Waals surface area contributed by atoms with Crippen molar-refractivity contribution in [2.75, 3.05) is 0 Å². The maximum atomic E-state index is 12.0. The summed E-state index contributed by atoms with van der Waals surface area (Å²) >= 11 is 0. The molecule has 0 aliphatic heterocycles. The minimum absolute atomic E-state index is 0.191. The monoisotopic (exact) mass is 190 g/mol. The van der Waals surface area contributed by atoms with Gasteiger partial charge in [-0.2, -0.15) is 0 Å². The molecule has 0 aromatic heterocycles. The van der Waals surface area contributed by atoms with Crippen LogP contribution in [0.25, 0.3) is 0 Å². The lowest BCUT2D eigenvalue weighted by Crippen LogP contribution is -2.14. The van der Waals surface area contributed by atoms with Crippen LogP contribution in [0, 0.1) is 12.8 Å². The second-order valence-electron chi connectivity index (χ2n) is 3.69. The summed E-state index contributed by atoms with van der Waals surface area (Å²) in [6.07, 6.45) is 1.87. The quantitative estimate of drug-likeness (QED) is 0.663. The summed E-state index contributed by atoms with van der Waals surface area (Å²) in [6.45, 7) is 6.14. The molecule has 0 saturated carbocycles. The number of rotatable bonds is 4. The van der Waals surface area contributed by atoms with Crippen molar-refractivity contribution in [3.63, 3.8) is 0 Å². The van der Waals surface area contributed by atoms with Gasteiger partial charge < -0.3 is 0 Å². The van der Waals surface area contributed by atoms with Gasteiger partial charge in [0.1, 0.15) is 0 Å². The molecule has 0 bridgehead atoms. The average Bonchev–Trinajstić information content (AvgIpc) is 2.20. The molecule has 0 N–H and O–H groups in total. The van der Waals surface area contributed by atoms with Crippen LogP contribution in [0.15, 0.2) is 24.3 Å². The maximum Gasteiger partial charge on any atom is 0.166 e. The maximum absolute atomic E-state index is 12.0. The lowest BCUT2D eigenvalue weighted by Gasteiger charge is -2.12. The molecule has 0 amide bonds. The fraction of sp³-hybridized carbons (Fsp3) is 0.462. The molecule has 76 valence electrons. The fourth-order valence-electron chi connectivity index (χ4n) is 1.73. The van der Waals surface area contributed by atoms with E-state index in [1.807, 2.05) is 31.2 Å². The topological polar surface area (TPSA) is 17.1 Å². The summed E-state index contributed by atoms with van der Waals surface area (Å²) < 4.78 is 0. The lowest BCUT2D eigenvalue weighted by atomic mass is 9.91. The molecule has 0 radical (unpaired) electrons. The lowest BCUT2D eigenvalue weighted by molar-refractivity contribution is 0.0913. The zero-order chi connectivity index (χ0) is 10.6. The third-order valence-corrected chi connectivity index (χ3v) is 2.77. The first-order valence-corrected chi connectivity index (χ1v) is 5.30. The van der Waals surface area contributed by atoms with Crippen LogP contribution >= 0.6 is 0 Å². The molecular formula is C13H18O. The van der Waals surface area contributed by atoms with Crippen molar-refractivity contribution in [2.45, 2.75) is 33.6 Å². The number of benzene rings is 1. The van der Waals surface area contributed by atoms with Crippen molar-refractivity contribution in [1.29, 1.82) is 0 Å². The minimum Gasteiger partial charge on any atom is -0.294 e. The SMILES string of the molecule is CCC(CC)C(=O)c1ccccc1C. The Hall–Kier alpha value is -1.11. The van der Waals surface area contributed by atoms with Crippen LogP contribution in [0.4, 0.5) is 0 Å². The van der Waals surface area contributed by atoms with Crippen LogP contribution in [-0.4, -0.2) is 5.78 Å². The molecule has 1 aromatic carbocycles. The highest BCUT2D eigenvalue weighted by Crippen LogP contribution is 2.18. The molecular weight excluding hydrogens is 172 g/mol. The van der Waals surface area contributed by atoms with Gasteiger partial charge in [0.15, 0.2) is 5.78 Å². The van der Waals surface area contributed by atoms with E-state index in [1.165, 1.54) is 0 Å². The van der Waals surface area contributed by atoms with E-state index in [0.29, 0.717) is 5.78 Å². The third-order valence-electron chi connectivity index (χ3n) is 2.77. The molecule has 1 rings (SSSR count). The summed E-state index contributed by atoms with van der Waals surface area (Å²) in [6, 6.07) is 7.83. The van der Waals surface area contributed by atoms with Crippen molar-refractivity contribution in [3.05, 3.63) is 35.4 Å². The van der Waals surface area contributed by atoms with Crippen molar-refractivity contribution in [2.24, 2.45) is 5.92 Å². The van der Waals surface area contributed by atoms with Crippen molar-refractivity contribution in [1.82, 2.24) is 0 Å². The first kappa shape index (κ1) is 11.0. The summed E-state index contributed by atoms with van der Waals surface area (Å²) in [5.41, 5.74) is 1.98. The Kier molecular flexibility index (Phi) is 3.87. The summed E-state index contributed by atoms with van der Waals surface area (Å²) in [4.78, 5) is 12.0. The highest BCUT2D eigenvalue weighted by molar-refractivity contribution is 5.99.